The molecule has 8 nitrogen and oxygen atoms in total. The molecule has 190 valence electrons. The van der Waals surface area contributed by atoms with Gasteiger partial charge in [0.1, 0.15) is 24.1 Å². The first-order chi connectivity index (χ1) is 16.1. The lowest BCUT2D eigenvalue weighted by Gasteiger charge is -2.29. The van der Waals surface area contributed by atoms with Crippen molar-refractivity contribution in [3.05, 3.63) is 48.2 Å². The number of hydrogen-bond acceptors (Lipinski definition) is 6. The van der Waals surface area contributed by atoms with Gasteiger partial charge in [-0.15, -0.1) is 0 Å². The van der Waals surface area contributed by atoms with Crippen molar-refractivity contribution in [3.63, 3.8) is 0 Å². The number of carbonyl (C=O) groups excluding carboxylic acids is 1. The smallest absolute Gasteiger partial charge is 0.342 e. The van der Waals surface area contributed by atoms with Crippen LogP contribution in [0.15, 0.2) is 42.6 Å². The minimum Gasteiger partial charge on any atom is -0.342 e. The van der Waals surface area contributed by atoms with Gasteiger partial charge in [-0.2, -0.15) is 18.4 Å². The molecule has 1 aromatic carbocycles. The molecule has 0 unspecified atom stereocenters. The molecule has 1 amide bonds. The summed E-state index contributed by atoms with van der Waals surface area (Å²) >= 11 is 0. The van der Waals surface area contributed by atoms with Gasteiger partial charge >= 0.3 is 6.18 Å². The van der Waals surface area contributed by atoms with E-state index in [2.05, 4.69) is 20.3 Å². The normalized spacial score (nSPS) is 14.0. The fraction of sp³-hybridized carbons (Fsp3) is 0.409. The predicted molar refractivity (Wildman–Crippen MR) is 122 cm³/mol. The van der Waals surface area contributed by atoms with Gasteiger partial charge in [-0.05, 0) is 37.1 Å². The Kier molecular flexibility index (Phi) is 8.80. The van der Waals surface area contributed by atoms with Crippen LogP contribution >= 0.6 is 0 Å². The third kappa shape index (κ3) is 9.14. The lowest BCUT2D eigenvalue weighted by Crippen LogP contribution is -2.51. The van der Waals surface area contributed by atoms with E-state index in [0.717, 1.165) is 20.1 Å². The zero-order valence-electron chi connectivity index (χ0n) is 19.1. The number of carbonyl (C=O) groups is 1. The fourth-order valence-corrected chi connectivity index (χ4v) is 3.73. The Morgan fingerprint density at radius 3 is 2.14 bits per heavy atom. The summed E-state index contributed by atoms with van der Waals surface area (Å²) in [4.78, 5) is 16.3. The van der Waals surface area contributed by atoms with Gasteiger partial charge in [0.2, 0.25) is 15.9 Å². The van der Waals surface area contributed by atoms with Gasteiger partial charge in [-0.3, -0.25) is 14.8 Å². The number of halogens is 4. The number of nitrogens with zero attached hydrogens (tertiary/aromatic N) is 2. The van der Waals surface area contributed by atoms with E-state index in [1.54, 1.807) is 12.1 Å². The Balaban J connectivity index is 2.30. The standard InChI is InChI=1S/C22H25F4N5O3S/c1-21(2,23)12-17(20(32)28-11-10-27)30-19(22(24,25)26)15-6-4-14(5-7-15)16-8-9-18(29-13-16)31-35(3,33)34/h4-9,13,17,19,30H,11-12H2,1-3H3,(H,28,32)(H,29,31)/t17-,19-/m0/s1. The first-order valence-electron chi connectivity index (χ1n) is 10.3. The van der Waals surface area contributed by atoms with Crippen LogP contribution in [-0.2, 0) is 14.8 Å². The zero-order chi connectivity index (χ0) is 26.4. The number of sulfonamides is 1. The average molecular weight is 516 g/mol. The molecule has 35 heavy (non-hydrogen) atoms. The number of rotatable bonds is 10. The summed E-state index contributed by atoms with van der Waals surface area (Å²) in [6.45, 7) is 1.85. The van der Waals surface area contributed by atoms with E-state index in [-0.39, 0.29) is 11.4 Å². The Bertz CT molecular complexity index is 1160. The van der Waals surface area contributed by atoms with Crippen LogP contribution in [0.25, 0.3) is 11.1 Å². The number of aromatic nitrogens is 1. The summed E-state index contributed by atoms with van der Waals surface area (Å²) in [7, 11) is -3.51. The molecule has 0 spiro atoms. The summed E-state index contributed by atoms with van der Waals surface area (Å²) in [6, 6.07) is 6.05. The van der Waals surface area contributed by atoms with Crippen molar-refractivity contribution in [1.29, 1.82) is 5.26 Å². The van der Waals surface area contributed by atoms with Crippen molar-refractivity contribution < 1.29 is 30.8 Å². The third-order valence-corrected chi connectivity index (χ3v) is 5.25. The minimum atomic E-state index is -4.81. The quantitative estimate of drug-likeness (QED) is 0.329. The second kappa shape index (κ2) is 11.0. The van der Waals surface area contributed by atoms with Crippen LogP contribution in [0.4, 0.5) is 23.4 Å². The van der Waals surface area contributed by atoms with Crippen molar-refractivity contribution in [2.24, 2.45) is 0 Å². The molecule has 0 saturated heterocycles. The first kappa shape index (κ1) is 28.0. The number of anilines is 1. The van der Waals surface area contributed by atoms with Crippen LogP contribution in [-0.4, -0.2) is 50.0 Å². The highest BCUT2D eigenvalue weighted by Crippen LogP contribution is 2.35. The summed E-state index contributed by atoms with van der Waals surface area (Å²) < 4.78 is 80.7. The molecule has 2 aromatic rings. The second-order valence-corrected chi connectivity index (χ2v) is 10.2. The largest absolute Gasteiger partial charge is 0.407 e. The number of nitrogens with one attached hydrogen (secondary N) is 3. The van der Waals surface area contributed by atoms with Crippen molar-refractivity contribution in [2.75, 3.05) is 17.5 Å². The first-order valence-corrected chi connectivity index (χ1v) is 12.2. The van der Waals surface area contributed by atoms with Gasteiger partial charge in [0, 0.05) is 18.2 Å². The summed E-state index contributed by atoms with van der Waals surface area (Å²) in [6.07, 6.45) is -3.02. The number of alkyl halides is 4. The Morgan fingerprint density at radius 1 is 1.09 bits per heavy atom. The van der Waals surface area contributed by atoms with Crippen LogP contribution < -0.4 is 15.4 Å². The number of nitriles is 1. The molecular weight excluding hydrogens is 490 g/mol. The highest BCUT2D eigenvalue weighted by Gasteiger charge is 2.43. The predicted octanol–water partition coefficient (Wildman–Crippen LogP) is 3.46. The van der Waals surface area contributed by atoms with E-state index in [1.807, 2.05) is 0 Å². The summed E-state index contributed by atoms with van der Waals surface area (Å²) in [5.41, 5.74) is -1.12. The monoisotopic (exact) mass is 515 g/mol. The lowest BCUT2D eigenvalue weighted by molar-refractivity contribution is -0.161. The highest BCUT2D eigenvalue weighted by atomic mass is 32.2. The molecular formula is C22H25F4N5O3S. The van der Waals surface area contributed by atoms with E-state index in [0.29, 0.717) is 11.1 Å². The highest BCUT2D eigenvalue weighted by molar-refractivity contribution is 7.92. The fourth-order valence-electron chi connectivity index (χ4n) is 3.23. The van der Waals surface area contributed by atoms with Gasteiger partial charge in [0.25, 0.3) is 0 Å². The maximum atomic E-state index is 14.2. The molecule has 2 atom stereocenters. The maximum absolute atomic E-state index is 14.2. The van der Waals surface area contributed by atoms with Crippen LogP contribution in [0.5, 0.6) is 0 Å². The van der Waals surface area contributed by atoms with Crippen LogP contribution in [0.3, 0.4) is 0 Å². The summed E-state index contributed by atoms with van der Waals surface area (Å²) in [5, 5.41) is 13.0. The molecule has 0 fully saturated rings. The molecule has 0 bridgehead atoms. The van der Waals surface area contributed by atoms with Crippen molar-refractivity contribution >= 4 is 21.7 Å². The molecule has 1 aromatic heterocycles. The minimum absolute atomic E-state index is 0.0886. The van der Waals surface area contributed by atoms with Gasteiger partial charge in [-0.25, -0.2) is 17.8 Å². The van der Waals surface area contributed by atoms with Crippen molar-refractivity contribution in [3.8, 4) is 17.2 Å². The third-order valence-electron chi connectivity index (χ3n) is 4.67. The van der Waals surface area contributed by atoms with Crippen LogP contribution in [0, 0.1) is 11.3 Å². The maximum Gasteiger partial charge on any atom is 0.407 e. The molecule has 0 radical (unpaired) electrons. The zero-order valence-corrected chi connectivity index (χ0v) is 20.0. The van der Waals surface area contributed by atoms with Gasteiger partial charge < -0.3 is 5.32 Å². The van der Waals surface area contributed by atoms with Gasteiger partial charge in [0.15, 0.2) is 0 Å². The number of pyridine rings is 1. The van der Waals surface area contributed by atoms with Crippen molar-refractivity contribution in [2.45, 2.75) is 44.2 Å². The molecule has 0 aliphatic rings. The molecule has 0 saturated carbocycles. The van der Waals surface area contributed by atoms with E-state index in [4.69, 9.17) is 5.26 Å². The average Bonchev–Trinajstić information content (AvgIpc) is 2.73. The number of hydrogen-bond donors (Lipinski definition) is 3. The van der Waals surface area contributed by atoms with Gasteiger partial charge in [-0.1, -0.05) is 24.3 Å². The molecule has 13 heteroatoms. The molecule has 1 heterocycles. The van der Waals surface area contributed by atoms with Crippen LogP contribution in [0.1, 0.15) is 31.9 Å². The summed E-state index contributed by atoms with van der Waals surface area (Å²) in [5.74, 6) is -0.831. The number of benzene rings is 1. The Labute approximate surface area is 200 Å². The van der Waals surface area contributed by atoms with E-state index < -0.39 is 52.8 Å². The van der Waals surface area contributed by atoms with E-state index in [9.17, 15) is 30.8 Å². The van der Waals surface area contributed by atoms with E-state index in [1.165, 1.54) is 36.5 Å². The molecule has 2 rings (SSSR count). The second-order valence-electron chi connectivity index (χ2n) is 8.42. The van der Waals surface area contributed by atoms with Crippen LogP contribution in [0.2, 0.25) is 0 Å². The number of amides is 1. The SMILES string of the molecule is CC(C)(F)C[C@H](N[C@@H](c1ccc(-c2ccc(NS(C)(=O)=O)nc2)cc1)C(F)(F)F)C(=O)NCC#N. The lowest BCUT2D eigenvalue weighted by atomic mass is 9.96. The Morgan fingerprint density at radius 2 is 1.69 bits per heavy atom. The van der Waals surface area contributed by atoms with Crippen molar-refractivity contribution in [1.82, 2.24) is 15.6 Å². The van der Waals surface area contributed by atoms with Gasteiger partial charge in [0.05, 0.1) is 18.4 Å². The topological polar surface area (TPSA) is 124 Å². The van der Waals surface area contributed by atoms with E-state index >= 15 is 0 Å². The molecule has 3 N–H and O–H groups in total. The molecule has 0 aliphatic heterocycles. The molecule has 0 aliphatic carbocycles. The Hall–Kier alpha value is -3.24.